The van der Waals surface area contributed by atoms with Gasteiger partial charge in [0.05, 0.1) is 0 Å². The van der Waals surface area contributed by atoms with Crippen molar-refractivity contribution in [1.82, 2.24) is 0 Å². The van der Waals surface area contributed by atoms with Crippen molar-refractivity contribution in [3.8, 4) is 0 Å². The number of hydrogen-bond donors (Lipinski definition) is 0. The molecule has 0 radical (unpaired) electrons. The minimum absolute atomic E-state index is 1.39. The average Bonchev–Trinajstić information content (AvgIpc) is 2.60. The highest BCUT2D eigenvalue weighted by molar-refractivity contribution is 5.88. The van der Waals surface area contributed by atoms with Gasteiger partial charge in [0.25, 0.3) is 0 Å². The van der Waals surface area contributed by atoms with Crippen LogP contribution < -0.4 is 0 Å². The first-order valence-electron chi connectivity index (χ1n) is 9.37. The third kappa shape index (κ3) is 2.86. The number of rotatable bonds is 2. The largest absolute Gasteiger partial charge is 0.0791 e. The molecular formula is C25H34. The zero-order valence-corrected chi connectivity index (χ0v) is 18.1. The number of benzene rings is 2. The molecule has 0 saturated heterocycles. The van der Waals surface area contributed by atoms with Crippen LogP contribution in [0.25, 0.3) is 5.57 Å². The first-order valence-corrected chi connectivity index (χ1v) is 9.37. The fraction of sp³-hybridized carbons (Fsp3) is 0.440. The van der Waals surface area contributed by atoms with Crippen LogP contribution in [-0.4, -0.2) is 0 Å². The minimum atomic E-state index is 1.39. The molecule has 134 valence electrons. The molecule has 0 aliphatic carbocycles. The average molecular weight is 335 g/mol. The van der Waals surface area contributed by atoms with Crippen LogP contribution in [0.3, 0.4) is 0 Å². The summed E-state index contributed by atoms with van der Waals surface area (Å²) in [5.41, 5.74) is 18.5. The van der Waals surface area contributed by atoms with Crippen LogP contribution >= 0.6 is 0 Å². The molecule has 2 rings (SSSR count). The summed E-state index contributed by atoms with van der Waals surface area (Å²) in [7, 11) is 0. The predicted octanol–water partition coefficient (Wildman–Crippen LogP) is 7.22. The Bertz CT molecular complexity index is 760. The van der Waals surface area contributed by atoms with E-state index in [1.54, 1.807) is 0 Å². The lowest BCUT2D eigenvalue weighted by molar-refractivity contribution is 1.13. The van der Waals surface area contributed by atoms with Crippen molar-refractivity contribution in [2.45, 2.75) is 76.2 Å². The molecular weight excluding hydrogens is 300 g/mol. The second-order valence-electron chi connectivity index (χ2n) is 7.70. The summed E-state index contributed by atoms with van der Waals surface area (Å²) < 4.78 is 0. The quantitative estimate of drug-likeness (QED) is 0.543. The van der Waals surface area contributed by atoms with Crippen molar-refractivity contribution >= 4 is 5.57 Å². The van der Waals surface area contributed by atoms with Gasteiger partial charge in [-0.15, -0.1) is 0 Å². The lowest BCUT2D eigenvalue weighted by atomic mass is 9.79. The van der Waals surface area contributed by atoms with Gasteiger partial charge in [0.1, 0.15) is 0 Å². The lowest BCUT2D eigenvalue weighted by Crippen LogP contribution is -2.07. The summed E-state index contributed by atoms with van der Waals surface area (Å²) in [6.45, 7) is 24.9. The van der Waals surface area contributed by atoms with E-state index in [9.17, 15) is 0 Å². The summed E-state index contributed by atoms with van der Waals surface area (Å²) >= 11 is 0. The van der Waals surface area contributed by atoms with Gasteiger partial charge in [-0.3, -0.25) is 0 Å². The van der Waals surface area contributed by atoms with Gasteiger partial charge in [-0.05, 0) is 148 Å². The van der Waals surface area contributed by atoms with Gasteiger partial charge in [0.2, 0.25) is 0 Å². The maximum atomic E-state index is 2.31. The maximum absolute atomic E-state index is 2.31. The summed E-state index contributed by atoms with van der Waals surface area (Å²) in [5, 5.41) is 0. The van der Waals surface area contributed by atoms with Crippen molar-refractivity contribution in [3.05, 3.63) is 72.8 Å². The van der Waals surface area contributed by atoms with E-state index in [2.05, 4.69) is 82.2 Å². The molecule has 0 spiro atoms. The first kappa shape index (κ1) is 19.5. The van der Waals surface area contributed by atoms with Crippen molar-refractivity contribution in [1.29, 1.82) is 0 Å². The van der Waals surface area contributed by atoms with Crippen molar-refractivity contribution in [3.63, 3.8) is 0 Å². The molecule has 0 N–H and O–H groups in total. The molecule has 0 aliphatic heterocycles. The normalized spacial score (nSPS) is 11.0. The van der Waals surface area contributed by atoms with Gasteiger partial charge >= 0.3 is 0 Å². The van der Waals surface area contributed by atoms with Crippen molar-refractivity contribution in [2.75, 3.05) is 0 Å². The van der Waals surface area contributed by atoms with E-state index in [1.807, 2.05) is 0 Å². The Kier molecular flexibility index (Phi) is 5.33. The molecule has 0 bridgehead atoms. The van der Waals surface area contributed by atoms with E-state index >= 15 is 0 Å². The second-order valence-corrected chi connectivity index (χ2v) is 7.70. The molecule has 0 unspecified atom stereocenters. The fourth-order valence-corrected chi connectivity index (χ4v) is 4.22. The van der Waals surface area contributed by atoms with E-state index in [-0.39, 0.29) is 0 Å². The molecule has 0 amide bonds. The highest BCUT2D eigenvalue weighted by atomic mass is 14.3. The minimum Gasteiger partial charge on any atom is -0.0791 e. The molecule has 25 heavy (non-hydrogen) atoms. The molecule has 0 aliphatic rings. The third-order valence-electron chi connectivity index (χ3n) is 6.83. The van der Waals surface area contributed by atoms with E-state index < -0.39 is 0 Å². The Balaban J connectivity index is 2.96. The summed E-state index contributed by atoms with van der Waals surface area (Å²) in [4.78, 5) is 0. The van der Waals surface area contributed by atoms with E-state index in [4.69, 9.17) is 0 Å². The highest BCUT2D eigenvalue weighted by Gasteiger charge is 2.21. The van der Waals surface area contributed by atoms with E-state index in [0.717, 1.165) is 0 Å². The zero-order valence-electron chi connectivity index (χ0n) is 18.1. The van der Waals surface area contributed by atoms with E-state index in [0.29, 0.717) is 0 Å². The monoisotopic (exact) mass is 334 g/mol. The topological polar surface area (TPSA) is 0 Å². The molecule has 0 saturated carbocycles. The first-order chi connectivity index (χ1) is 11.6. The zero-order chi connectivity index (χ0) is 19.2. The Morgan fingerprint density at radius 3 is 0.800 bits per heavy atom. The molecule has 0 aromatic heterocycles. The smallest absolute Gasteiger partial charge is 0.0117 e. The Morgan fingerprint density at radius 1 is 0.400 bits per heavy atom. The predicted molar refractivity (Wildman–Crippen MR) is 113 cm³/mol. The Morgan fingerprint density at radius 2 is 0.600 bits per heavy atom. The van der Waals surface area contributed by atoms with Crippen LogP contribution in [0.5, 0.6) is 0 Å². The van der Waals surface area contributed by atoms with Crippen LogP contribution in [0.15, 0.2) is 6.08 Å². The molecule has 0 heteroatoms. The fourth-order valence-electron chi connectivity index (χ4n) is 4.22. The third-order valence-corrected chi connectivity index (χ3v) is 6.83. The number of hydrogen-bond acceptors (Lipinski definition) is 0. The van der Waals surface area contributed by atoms with Crippen LogP contribution in [0.4, 0.5) is 0 Å². The number of allylic oxidation sites excluding steroid dienone is 1. The Hall–Kier alpha value is -1.82. The van der Waals surface area contributed by atoms with Gasteiger partial charge in [0.15, 0.2) is 0 Å². The second kappa shape index (κ2) is 6.83. The standard InChI is InChI=1S/C25H34/c1-12-23(24-19(8)15(4)13(2)16(5)20(24)9)25-21(10)17(6)14(3)18(7)22(25)11/h12H,1-11H3. The molecule has 0 heterocycles. The van der Waals surface area contributed by atoms with Gasteiger partial charge in [-0.1, -0.05) is 6.08 Å². The molecule has 2 aromatic rings. The highest BCUT2D eigenvalue weighted by Crippen LogP contribution is 2.39. The van der Waals surface area contributed by atoms with Crippen LogP contribution in [-0.2, 0) is 0 Å². The molecule has 0 nitrogen and oxygen atoms in total. The van der Waals surface area contributed by atoms with Gasteiger partial charge in [-0.25, -0.2) is 0 Å². The molecule has 2 aromatic carbocycles. The Labute approximate surface area is 155 Å². The lowest BCUT2D eigenvalue weighted by Gasteiger charge is -2.25. The maximum Gasteiger partial charge on any atom is -0.0117 e. The molecule has 0 atom stereocenters. The summed E-state index contributed by atoms with van der Waals surface area (Å²) in [5.74, 6) is 0. The van der Waals surface area contributed by atoms with Crippen molar-refractivity contribution in [2.24, 2.45) is 0 Å². The SMILES string of the molecule is CC=C(c1c(C)c(C)c(C)c(C)c1C)c1c(C)c(C)c(C)c(C)c1C. The van der Waals surface area contributed by atoms with E-state index in [1.165, 1.54) is 72.3 Å². The van der Waals surface area contributed by atoms with Crippen LogP contribution in [0, 0.1) is 69.2 Å². The van der Waals surface area contributed by atoms with Gasteiger partial charge < -0.3 is 0 Å². The van der Waals surface area contributed by atoms with Gasteiger partial charge in [0, 0.05) is 0 Å². The summed E-state index contributed by atoms with van der Waals surface area (Å²) in [6.07, 6.45) is 2.31. The van der Waals surface area contributed by atoms with Crippen molar-refractivity contribution < 1.29 is 0 Å². The van der Waals surface area contributed by atoms with Crippen LogP contribution in [0.2, 0.25) is 0 Å². The van der Waals surface area contributed by atoms with Gasteiger partial charge in [-0.2, -0.15) is 0 Å². The molecule has 0 fully saturated rings. The van der Waals surface area contributed by atoms with Crippen LogP contribution in [0.1, 0.15) is 73.7 Å². The summed E-state index contributed by atoms with van der Waals surface area (Å²) in [6, 6.07) is 0.